The lowest BCUT2D eigenvalue weighted by Gasteiger charge is -1.91. The molecule has 11 heavy (non-hydrogen) atoms. The van der Waals surface area contributed by atoms with Gasteiger partial charge in [0.15, 0.2) is 0 Å². The van der Waals surface area contributed by atoms with E-state index in [2.05, 4.69) is 10.1 Å². The number of anilines is 1. The molecule has 0 saturated heterocycles. The number of halogens is 1. The van der Waals surface area contributed by atoms with Gasteiger partial charge in [-0.25, -0.2) is 9.50 Å². The van der Waals surface area contributed by atoms with E-state index in [-0.39, 0.29) is 12.4 Å². The molecular weight excluding hydrogens is 164 g/mol. The van der Waals surface area contributed by atoms with Crippen LogP contribution >= 0.6 is 12.4 Å². The molecule has 2 rings (SSSR count). The Balaban J connectivity index is 0.000000605. The number of rotatable bonds is 0. The van der Waals surface area contributed by atoms with Gasteiger partial charge in [-0.1, -0.05) is 0 Å². The number of aromatic nitrogens is 3. The Labute approximate surface area is 69.5 Å². The van der Waals surface area contributed by atoms with Crippen LogP contribution in [0.1, 0.15) is 0 Å². The van der Waals surface area contributed by atoms with Crippen molar-refractivity contribution in [3.63, 3.8) is 0 Å². The van der Waals surface area contributed by atoms with Gasteiger partial charge in [0, 0.05) is 0 Å². The monoisotopic (exact) mass is 170 g/mol. The average Bonchev–Trinajstić information content (AvgIpc) is 2.34. The molecule has 2 aromatic heterocycles. The highest BCUT2D eigenvalue weighted by Gasteiger charge is 1.94. The molecule has 5 heteroatoms. The van der Waals surface area contributed by atoms with Gasteiger partial charge in [-0.2, -0.15) is 5.10 Å². The van der Waals surface area contributed by atoms with E-state index in [4.69, 9.17) is 5.73 Å². The second-order valence-corrected chi connectivity index (χ2v) is 2.00. The van der Waals surface area contributed by atoms with Crippen molar-refractivity contribution in [2.45, 2.75) is 0 Å². The smallest absolute Gasteiger partial charge is 0.136 e. The zero-order chi connectivity index (χ0) is 6.97. The topological polar surface area (TPSA) is 56.2 Å². The van der Waals surface area contributed by atoms with E-state index < -0.39 is 0 Å². The number of nitrogen functional groups attached to an aromatic ring is 1. The van der Waals surface area contributed by atoms with Crippen LogP contribution in [0, 0.1) is 0 Å². The SMILES string of the molecule is Cl.Nc1ccc2cncnn12. The third-order valence-corrected chi connectivity index (χ3v) is 1.35. The highest BCUT2D eigenvalue weighted by atomic mass is 35.5. The van der Waals surface area contributed by atoms with Gasteiger partial charge >= 0.3 is 0 Å². The predicted molar refractivity (Wildman–Crippen MR) is 44.6 cm³/mol. The summed E-state index contributed by atoms with van der Waals surface area (Å²) < 4.78 is 1.63. The van der Waals surface area contributed by atoms with Crippen LogP contribution in [-0.4, -0.2) is 14.6 Å². The molecule has 2 aromatic rings. The first kappa shape index (κ1) is 7.81. The Kier molecular flexibility index (Phi) is 1.96. The number of nitrogens with two attached hydrogens (primary N) is 1. The third-order valence-electron chi connectivity index (χ3n) is 1.35. The van der Waals surface area contributed by atoms with E-state index in [9.17, 15) is 0 Å². The van der Waals surface area contributed by atoms with E-state index in [0.717, 1.165) is 5.52 Å². The summed E-state index contributed by atoms with van der Waals surface area (Å²) in [7, 11) is 0. The summed E-state index contributed by atoms with van der Waals surface area (Å²) in [5.74, 6) is 0.636. The lowest BCUT2D eigenvalue weighted by atomic mass is 10.5. The van der Waals surface area contributed by atoms with Crippen molar-refractivity contribution in [3.8, 4) is 0 Å². The Bertz CT molecular complexity index is 356. The highest BCUT2D eigenvalue weighted by Crippen LogP contribution is 2.06. The maximum atomic E-state index is 5.55. The van der Waals surface area contributed by atoms with Crippen LogP contribution in [0.3, 0.4) is 0 Å². The standard InChI is InChI=1S/C6H6N4.ClH/c7-6-2-1-5-3-8-4-9-10(5)6;/h1-4H,7H2;1H. The van der Waals surface area contributed by atoms with Crippen LogP contribution in [0.2, 0.25) is 0 Å². The molecule has 0 unspecified atom stereocenters. The fourth-order valence-electron chi connectivity index (χ4n) is 0.883. The van der Waals surface area contributed by atoms with Crippen molar-refractivity contribution in [1.29, 1.82) is 0 Å². The highest BCUT2D eigenvalue weighted by molar-refractivity contribution is 5.85. The van der Waals surface area contributed by atoms with Crippen molar-refractivity contribution in [3.05, 3.63) is 24.7 Å². The van der Waals surface area contributed by atoms with E-state index in [1.165, 1.54) is 6.33 Å². The van der Waals surface area contributed by atoms with Crippen molar-refractivity contribution in [1.82, 2.24) is 14.6 Å². The Morgan fingerprint density at radius 1 is 1.36 bits per heavy atom. The van der Waals surface area contributed by atoms with Gasteiger partial charge in [0.05, 0.1) is 11.7 Å². The average molecular weight is 171 g/mol. The normalized spacial score (nSPS) is 9.45. The zero-order valence-corrected chi connectivity index (χ0v) is 6.45. The van der Waals surface area contributed by atoms with Gasteiger partial charge in [-0.3, -0.25) is 0 Å². The van der Waals surface area contributed by atoms with Crippen molar-refractivity contribution >= 4 is 23.7 Å². The minimum absolute atomic E-state index is 0. The minimum Gasteiger partial charge on any atom is -0.384 e. The van der Waals surface area contributed by atoms with Gasteiger partial charge < -0.3 is 5.73 Å². The van der Waals surface area contributed by atoms with Gasteiger partial charge in [0.1, 0.15) is 12.1 Å². The summed E-state index contributed by atoms with van der Waals surface area (Å²) >= 11 is 0. The summed E-state index contributed by atoms with van der Waals surface area (Å²) in [5.41, 5.74) is 6.47. The third kappa shape index (κ3) is 1.12. The molecule has 0 saturated carbocycles. The summed E-state index contributed by atoms with van der Waals surface area (Å²) in [6.45, 7) is 0. The quantitative estimate of drug-likeness (QED) is 0.634. The number of hydrogen-bond acceptors (Lipinski definition) is 3. The Hall–Kier alpha value is -1.29. The fourth-order valence-corrected chi connectivity index (χ4v) is 0.883. The summed E-state index contributed by atoms with van der Waals surface area (Å²) in [5, 5.41) is 3.92. The molecule has 0 amide bonds. The Morgan fingerprint density at radius 2 is 2.18 bits per heavy atom. The van der Waals surface area contributed by atoms with Gasteiger partial charge in [0.25, 0.3) is 0 Å². The van der Waals surface area contributed by atoms with Crippen molar-refractivity contribution in [2.75, 3.05) is 5.73 Å². The van der Waals surface area contributed by atoms with Crippen LogP contribution in [0.4, 0.5) is 5.82 Å². The van der Waals surface area contributed by atoms with Crippen LogP contribution in [0.5, 0.6) is 0 Å². The summed E-state index contributed by atoms with van der Waals surface area (Å²) in [4.78, 5) is 3.84. The summed E-state index contributed by atoms with van der Waals surface area (Å²) in [6.07, 6.45) is 3.17. The van der Waals surface area contributed by atoms with E-state index in [0.29, 0.717) is 5.82 Å². The molecule has 0 radical (unpaired) electrons. The second kappa shape index (κ2) is 2.75. The van der Waals surface area contributed by atoms with Crippen LogP contribution in [-0.2, 0) is 0 Å². The number of nitrogens with zero attached hydrogens (tertiary/aromatic N) is 3. The van der Waals surface area contributed by atoms with Crippen LogP contribution in [0.15, 0.2) is 24.7 Å². The maximum Gasteiger partial charge on any atom is 0.136 e. The molecule has 0 atom stereocenters. The van der Waals surface area contributed by atoms with Crippen molar-refractivity contribution in [2.24, 2.45) is 0 Å². The van der Waals surface area contributed by atoms with E-state index >= 15 is 0 Å². The largest absolute Gasteiger partial charge is 0.384 e. The lowest BCUT2D eigenvalue weighted by Crippen LogP contribution is -1.96. The molecule has 58 valence electrons. The molecule has 2 N–H and O–H groups in total. The second-order valence-electron chi connectivity index (χ2n) is 2.00. The fraction of sp³-hybridized carbons (Fsp3) is 0. The van der Waals surface area contributed by atoms with Gasteiger partial charge in [-0.05, 0) is 12.1 Å². The molecule has 2 heterocycles. The molecule has 0 bridgehead atoms. The molecule has 0 spiro atoms. The lowest BCUT2D eigenvalue weighted by molar-refractivity contribution is 0.912. The van der Waals surface area contributed by atoms with Crippen LogP contribution < -0.4 is 5.73 Å². The molecule has 0 aliphatic carbocycles. The van der Waals surface area contributed by atoms with E-state index in [1.54, 1.807) is 16.8 Å². The van der Waals surface area contributed by atoms with E-state index in [1.807, 2.05) is 6.07 Å². The molecular formula is C6H7ClN4. The number of hydrogen-bond donors (Lipinski definition) is 1. The van der Waals surface area contributed by atoms with Crippen LogP contribution in [0.25, 0.3) is 5.52 Å². The molecule has 0 fully saturated rings. The van der Waals surface area contributed by atoms with Gasteiger partial charge in [-0.15, -0.1) is 12.4 Å². The first-order valence-corrected chi connectivity index (χ1v) is 2.91. The van der Waals surface area contributed by atoms with Gasteiger partial charge in [0.2, 0.25) is 0 Å². The molecule has 0 aliphatic heterocycles. The number of fused-ring (bicyclic) bond motifs is 1. The molecule has 4 nitrogen and oxygen atoms in total. The zero-order valence-electron chi connectivity index (χ0n) is 5.64. The predicted octanol–water partition coefficient (Wildman–Crippen LogP) is 0.733. The molecule has 0 aromatic carbocycles. The summed E-state index contributed by atoms with van der Waals surface area (Å²) in [6, 6.07) is 3.67. The first-order chi connectivity index (χ1) is 4.88. The maximum absolute atomic E-state index is 5.55. The molecule has 0 aliphatic rings. The van der Waals surface area contributed by atoms with Crippen molar-refractivity contribution < 1.29 is 0 Å². The minimum atomic E-state index is 0. The first-order valence-electron chi connectivity index (χ1n) is 2.91. The Morgan fingerprint density at radius 3 is 2.91 bits per heavy atom.